The van der Waals surface area contributed by atoms with E-state index in [4.69, 9.17) is 4.74 Å². The van der Waals surface area contributed by atoms with Gasteiger partial charge in [-0.3, -0.25) is 4.79 Å². The maximum atomic E-state index is 13.4. The van der Waals surface area contributed by atoms with Crippen LogP contribution >= 0.6 is 11.8 Å². The number of thioether (sulfide) groups is 1. The maximum absolute atomic E-state index is 13.4. The molecule has 1 unspecified atom stereocenters. The van der Waals surface area contributed by atoms with Crippen LogP contribution in [0, 0.1) is 11.3 Å². The first kappa shape index (κ1) is 22.3. The number of nitrogens with one attached hydrogen (secondary N) is 2. The Kier molecular flexibility index (Phi) is 7.22. The van der Waals surface area contributed by atoms with Gasteiger partial charge >= 0.3 is 0 Å². The number of hydrogen-bond acceptors (Lipinski definition) is 5. The van der Waals surface area contributed by atoms with Crippen LogP contribution in [0.25, 0.3) is 0 Å². The summed E-state index contributed by atoms with van der Waals surface area (Å²) in [7, 11) is 1.56. The van der Waals surface area contributed by atoms with Gasteiger partial charge in [0.1, 0.15) is 5.75 Å². The Morgan fingerprint density at radius 2 is 1.90 bits per heavy atom. The highest BCUT2D eigenvalue weighted by molar-refractivity contribution is 8.03. The molecule has 5 nitrogen and oxygen atoms in total. The molecule has 1 amide bonds. The van der Waals surface area contributed by atoms with Gasteiger partial charge in [-0.1, -0.05) is 54.6 Å². The molecule has 0 fully saturated rings. The average molecular weight is 432 g/mol. The van der Waals surface area contributed by atoms with Crippen molar-refractivity contribution in [2.24, 2.45) is 0 Å². The standard InChI is InChI=1S/C25H25N3O2S/c1-16(2)15-31-25-19(14-26)23(18-10-6-5-7-11-18)22(17(3)27-25)24(29)28-20-12-8-9-13-21(20)30-4/h5-13,23,27H,1,15H2,2-4H3,(H,28,29). The molecular formula is C25H25N3O2S. The van der Waals surface area contributed by atoms with Gasteiger partial charge in [0.2, 0.25) is 0 Å². The van der Waals surface area contributed by atoms with Crippen molar-refractivity contribution in [1.82, 2.24) is 5.32 Å². The van der Waals surface area contributed by atoms with Crippen LogP contribution in [-0.4, -0.2) is 18.8 Å². The summed E-state index contributed by atoms with van der Waals surface area (Å²) >= 11 is 1.52. The molecule has 158 valence electrons. The van der Waals surface area contributed by atoms with E-state index in [-0.39, 0.29) is 5.91 Å². The Morgan fingerprint density at radius 1 is 1.23 bits per heavy atom. The predicted molar refractivity (Wildman–Crippen MR) is 127 cm³/mol. The second-order valence-corrected chi connectivity index (χ2v) is 8.25. The number of methoxy groups -OCH3 is 1. The molecule has 0 aliphatic carbocycles. The van der Waals surface area contributed by atoms with Gasteiger partial charge in [0, 0.05) is 17.0 Å². The normalized spacial score (nSPS) is 15.7. The highest BCUT2D eigenvalue weighted by atomic mass is 32.2. The molecule has 0 spiro atoms. The van der Waals surface area contributed by atoms with Crippen molar-refractivity contribution in [1.29, 1.82) is 5.26 Å². The topological polar surface area (TPSA) is 74.2 Å². The Balaban J connectivity index is 2.05. The van der Waals surface area contributed by atoms with Crippen molar-refractivity contribution in [3.05, 3.63) is 94.2 Å². The summed E-state index contributed by atoms with van der Waals surface area (Å²) in [6.45, 7) is 7.76. The fourth-order valence-corrected chi connectivity index (χ4v) is 4.37. The van der Waals surface area contributed by atoms with Crippen molar-refractivity contribution in [2.75, 3.05) is 18.2 Å². The number of anilines is 1. The van der Waals surface area contributed by atoms with Crippen LogP contribution in [0.5, 0.6) is 5.75 Å². The number of para-hydroxylation sites is 2. The van der Waals surface area contributed by atoms with E-state index in [2.05, 4.69) is 23.3 Å². The Bertz CT molecular complexity index is 1100. The number of nitrogens with zero attached hydrogens (tertiary/aromatic N) is 1. The zero-order valence-corrected chi connectivity index (χ0v) is 18.7. The molecule has 1 aliphatic rings. The van der Waals surface area contributed by atoms with E-state index in [1.54, 1.807) is 19.2 Å². The predicted octanol–water partition coefficient (Wildman–Crippen LogP) is 5.34. The molecule has 0 aromatic heterocycles. The number of allylic oxidation sites excluding steroid dienone is 2. The first-order valence-corrected chi connectivity index (χ1v) is 10.8. The van der Waals surface area contributed by atoms with Gasteiger partial charge in [-0.15, -0.1) is 11.8 Å². The molecule has 1 atom stereocenters. The Labute approximate surface area is 187 Å². The van der Waals surface area contributed by atoms with Crippen LogP contribution in [0.1, 0.15) is 25.3 Å². The maximum Gasteiger partial charge on any atom is 0.254 e. The quantitative estimate of drug-likeness (QED) is 0.579. The second kappa shape index (κ2) is 10.1. The number of dihydropyridines is 1. The minimum Gasteiger partial charge on any atom is -0.495 e. The number of carbonyl (C=O) groups is 1. The van der Waals surface area contributed by atoms with Gasteiger partial charge < -0.3 is 15.4 Å². The second-order valence-electron chi connectivity index (χ2n) is 7.26. The van der Waals surface area contributed by atoms with Crippen molar-refractivity contribution in [3.63, 3.8) is 0 Å². The Hall–Kier alpha value is -3.43. The lowest BCUT2D eigenvalue weighted by atomic mass is 9.82. The summed E-state index contributed by atoms with van der Waals surface area (Å²) in [5, 5.41) is 17.1. The van der Waals surface area contributed by atoms with Gasteiger partial charge in [-0.25, -0.2) is 0 Å². The zero-order chi connectivity index (χ0) is 22.4. The molecule has 6 heteroatoms. The van der Waals surface area contributed by atoms with E-state index in [0.29, 0.717) is 34.0 Å². The fraction of sp³-hybridized carbons (Fsp3) is 0.200. The lowest BCUT2D eigenvalue weighted by Gasteiger charge is -2.30. The molecule has 2 aromatic rings. The number of carbonyl (C=O) groups excluding carboxylic acids is 1. The minimum atomic E-state index is -0.477. The highest BCUT2D eigenvalue weighted by Gasteiger charge is 2.34. The molecule has 1 aliphatic heterocycles. The fourth-order valence-electron chi connectivity index (χ4n) is 3.44. The largest absolute Gasteiger partial charge is 0.495 e. The molecule has 2 N–H and O–H groups in total. The number of ether oxygens (including phenoxy) is 1. The SMILES string of the molecule is C=C(C)CSC1=C(C#N)C(c2ccccc2)C(C(=O)Nc2ccccc2OC)=C(C)N1. The van der Waals surface area contributed by atoms with E-state index < -0.39 is 5.92 Å². The smallest absolute Gasteiger partial charge is 0.254 e. The lowest BCUT2D eigenvalue weighted by molar-refractivity contribution is -0.113. The number of rotatable bonds is 7. The van der Waals surface area contributed by atoms with E-state index in [9.17, 15) is 10.1 Å². The van der Waals surface area contributed by atoms with Gasteiger partial charge in [0.25, 0.3) is 5.91 Å². The number of hydrogen-bond donors (Lipinski definition) is 2. The third kappa shape index (κ3) is 5.01. The molecule has 1 heterocycles. The molecule has 31 heavy (non-hydrogen) atoms. The van der Waals surface area contributed by atoms with Crippen molar-refractivity contribution < 1.29 is 9.53 Å². The van der Waals surface area contributed by atoms with E-state index in [1.165, 1.54) is 11.8 Å². The summed E-state index contributed by atoms with van der Waals surface area (Å²) in [4.78, 5) is 13.4. The zero-order valence-electron chi connectivity index (χ0n) is 17.9. The van der Waals surface area contributed by atoms with E-state index >= 15 is 0 Å². The molecule has 2 aromatic carbocycles. The molecule has 0 saturated carbocycles. The summed E-state index contributed by atoms with van der Waals surface area (Å²) in [6.07, 6.45) is 0. The van der Waals surface area contributed by atoms with Crippen LogP contribution in [0.4, 0.5) is 5.69 Å². The summed E-state index contributed by atoms with van der Waals surface area (Å²) < 4.78 is 5.37. The summed E-state index contributed by atoms with van der Waals surface area (Å²) in [5.41, 5.74) is 4.21. The molecule has 0 radical (unpaired) electrons. The van der Waals surface area contributed by atoms with Gasteiger partial charge in [-0.2, -0.15) is 5.26 Å². The first-order chi connectivity index (χ1) is 15.0. The number of amides is 1. The highest BCUT2D eigenvalue weighted by Crippen LogP contribution is 2.41. The van der Waals surface area contributed by atoms with Gasteiger partial charge in [0.15, 0.2) is 0 Å². The minimum absolute atomic E-state index is 0.278. The van der Waals surface area contributed by atoms with Crippen LogP contribution in [0.2, 0.25) is 0 Å². The molecule has 0 saturated heterocycles. The van der Waals surface area contributed by atoms with Crippen LogP contribution in [0.15, 0.2) is 88.6 Å². The Morgan fingerprint density at radius 3 is 2.55 bits per heavy atom. The molecule has 0 bridgehead atoms. The van der Waals surface area contributed by atoms with Crippen molar-refractivity contribution in [2.45, 2.75) is 19.8 Å². The number of benzene rings is 2. The summed E-state index contributed by atoms with van der Waals surface area (Å²) in [6, 6.07) is 19.2. The van der Waals surface area contributed by atoms with Crippen LogP contribution < -0.4 is 15.4 Å². The van der Waals surface area contributed by atoms with Gasteiger partial charge in [-0.05, 0) is 31.5 Å². The number of nitriles is 1. The third-order valence-corrected chi connectivity index (χ3v) is 6.09. The average Bonchev–Trinajstić information content (AvgIpc) is 2.77. The van der Waals surface area contributed by atoms with Crippen LogP contribution in [0.3, 0.4) is 0 Å². The molecular weight excluding hydrogens is 406 g/mol. The van der Waals surface area contributed by atoms with E-state index in [1.807, 2.05) is 56.3 Å². The monoisotopic (exact) mass is 431 g/mol. The van der Waals surface area contributed by atoms with Crippen LogP contribution in [-0.2, 0) is 4.79 Å². The third-order valence-electron chi connectivity index (χ3n) is 4.84. The summed E-state index contributed by atoms with van der Waals surface area (Å²) in [5.74, 6) is 0.503. The van der Waals surface area contributed by atoms with Crippen molar-refractivity contribution >= 4 is 23.4 Å². The molecule has 3 rings (SSSR count). The van der Waals surface area contributed by atoms with E-state index in [0.717, 1.165) is 16.2 Å². The lowest BCUT2D eigenvalue weighted by Crippen LogP contribution is -2.30. The van der Waals surface area contributed by atoms with Crippen molar-refractivity contribution in [3.8, 4) is 11.8 Å². The first-order valence-electron chi connectivity index (χ1n) is 9.84. The van der Waals surface area contributed by atoms with Gasteiger partial charge in [0.05, 0.1) is 35.4 Å².